The van der Waals surface area contributed by atoms with Crippen molar-refractivity contribution in [3.63, 3.8) is 0 Å². The van der Waals surface area contributed by atoms with Gasteiger partial charge in [0.05, 0.1) is 29.8 Å². The van der Waals surface area contributed by atoms with E-state index in [4.69, 9.17) is 4.74 Å². The number of fused-ring (bicyclic) bond motifs is 2. The third kappa shape index (κ3) is 4.32. The molecule has 9 nitrogen and oxygen atoms in total. The molecule has 0 aliphatic carbocycles. The molecule has 1 N–H and O–H groups in total. The Morgan fingerprint density at radius 1 is 1.03 bits per heavy atom. The summed E-state index contributed by atoms with van der Waals surface area (Å²) in [5.41, 5.74) is 0. The third-order valence-corrected chi connectivity index (χ3v) is 9.78. The molecule has 3 amide bonds. The molecular weight excluding hydrogens is 468 g/mol. The maximum atomic E-state index is 14.1. The number of likely N-dealkylation sites (N-methyl/N-ethyl adjacent to an activating group) is 1. The van der Waals surface area contributed by atoms with Gasteiger partial charge in [-0.25, -0.2) is 0 Å². The molecule has 0 aromatic heterocycles. The van der Waals surface area contributed by atoms with Crippen molar-refractivity contribution in [3.05, 3.63) is 24.3 Å². The summed E-state index contributed by atoms with van der Waals surface area (Å²) in [7, 11) is 1.78. The van der Waals surface area contributed by atoms with Crippen LogP contribution in [0.1, 0.15) is 12.8 Å². The van der Waals surface area contributed by atoms with Crippen LogP contribution in [0.5, 0.6) is 0 Å². The second-order valence-electron chi connectivity index (χ2n) is 10.1. The lowest BCUT2D eigenvalue weighted by Crippen LogP contribution is -2.54. The monoisotopic (exact) mass is 504 g/mol. The number of morpholine rings is 1. The van der Waals surface area contributed by atoms with Gasteiger partial charge in [-0.15, -0.1) is 11.8 Å². The summed E-state index contributed by atoms with van der Waals surface area (Å²) in [6, 6.07) is -0.634. The van der Waals surface area contributed by atoms with E-state index in [1.165, 1.54) is 0 Å². The van der Waals surface area contributed by atoms with Gasteiger partial charge in [0, 0.05) is 64.7 Å². The molecule has 3 saturated heterocycles. The summed E-state index contributed by atoms with van der Waals surface area (Å²) in [5, 5.41) is 9.19. The summed E-state index contributed by atoms with van der Waals surface area (Å²) < 4.78 is 4.69. The Balaban J connectivity index is 1.45. The summed E-state index contributed by atoms with van der Waals surface area (Å²) in [5.74, 6) is -1.18. The molecule has 3 fully saturated rings. The van der Waals surface area contributed by atoms with Gasteiger partial charge in [-0.1, -0.05) is 24.3 Å². The zero-order chi connectivity index (χ0) is 24.6. The molecule has 0 saturated carbocycles. The van der Waals surface area contributed by atoms with Crippen LogP contribution in [-0.4, -0.2) is 131 Å². The molecule has 192 valence electrons. The second kappa shape index (κ2) is 10.2. The quantitative estimate of drug-likeness (QED) is 0.380. The summed E-state index contributed by atoms with van der Waals surface area (Å²) in [6.45, 7) is 6.02. The standard InChI is InChI=1S/C25H36N4O5S/c1-26-8-4-6-18-19(22(26)31)20-23(32)29(10-2-3-15-30)21-24(33)28(9-5-7-25(20,21)35-18)12-11-27-13-16-34-17-14-27/h4-7,18-21,30H,2-3,8-17H2,1H3/t18-,19+,20-,21?,25-/m0/s1. The van der Waals surface area contributed by atoms with Gasteiger partial charge in [0.1, 0.15) is 6.04 Å². The molecule has 1 spiro atoms. The number of aliphatic hydroxyl groups is 1. The van der Waals surface area contributed by atoms with Gasteiger partial charge in [0.15, 0.2) is 0 Å². The molecule has 1 unspecified atom stereocenters. The van der Waals surface area contributed by atoms with E-state index in [1.807, 2.05) is 17.1 Å². The van der Waals surface area contributed by atoms with E-state index in [0.29, 0.717) is 52.2 Å². The number of unbranched alkanes of at least 4 members (excludes halogenated alkanes) is 1. The van der Waals surface area contributed by atoms with Crippen molar-refractivity contribution < 1.29 is 24.2 Å². The maximum Gasteiger partial charge on any atom is 0.247 e. The molecule has 10 heteroatoms. The lowest BCUT2D eigenvalue weighted by molar-refractivity contribution is -0.144. The van der Waals surface area contributed by atoms with E-state index in [2.05, 4.69) is 17.1 Å². The van der Waals surface area contributed by atoms with Crippen LogP contribution in [0.2, 0.25) is 0 Å². The molecule has 5 aliphatic rings. The smallest absolute Gasteiger partial charge is 0.247 e. The SMILES string of the molecule is CN1CC=C[C@@H]2S[C@]34C=CCN(CCN5CCOCC5)C(=O)C3N(CCCCO)C(=O)[C@@H]4[C@@H]2C1=O. The van der Waals surface area contributed by atoms with Crippen molar-refractivity contribution in [1.29, 1.82) is 0 Å². The van der Waals surface area contributed by atoms with Crippen LogP contribution < -0.4 is 0 Å². The second-order valence-corrected chi connectivity index (χ2v) is 11.6. The van der Waals surface area contributed by atoms with Crippen LogP contribution in [0.3, 0.4) is 0 Å². The number of aliphatic hydroxyl groups excluding tert-OH is 1. The number of hydrogen-bond donors (Lipinski definition) is 1. The van der Waals surface area contributed by atoms with E-state index in [9.17, 15) is 19.5 Å². The number of ether oxygens (including phenoxy) is 1. The number of thioether (sulfide) groups is 1. The largest absolute Gasteiger partial charge is 0.396 e. The Bertz CT molecular complexity index is 906. The Morgan fingerprint density at radius 2 is 1.83 bits per heavy atom. The van der Waals surface area contributed by atoms with Crippen LogP contribution in [-0.2, 0) is 19.1 Å². The van der Waals surface area contributed by atoms with Crippen LogP contribution >= 0.6 is 11.8 Å². The van der Waals surface area contributed by atoms with E-state index in [-0.39, 0.29) is 29.6 Å². The normalized spacial score (nSPS) is 35.3. The van der Waals surface area contributed by atoms with Gasteiger partial charge in [-0.3, -0.25) is 19.3 Å². The predicted octanol–water partition coefficient (Wildman–Crippen LogP) is -0.185. The fourth-order valence-electron chi connectivity index (χ4n) is 6.23. The molecule has 5 heterocycles. The number of rotatable bonds is 7. The van der Waals surface area contributed by atoms with Crippen molar-refractivity contribution >= 4 is 29.5 Å². The summed E-state index contributed by atoms with van der Waals surface area (Å²) >= 11 is 1.62. The van der Waals surface area contributed by atoms with Gasteiger partial charge >= 0.3 is 0 Å². The highest BCUT2D eigenvalue weighted by atomic mass is 32.2. The van der Waals surface area contributed by atoms with E-state index in [1.54, 1.807) is 28.6 Å². The number of amides is 3. The molecule has 0 bridgehead atoms. The van der Waals surface area contributed by atoms with Crippen molar-refractivity contribution in [2.75, 3.05) is 72.7 Å². The lowest BCUT2D eigenvalue weighted by Gasteiger charge is -2.36. The molecule has 5 aliphatic heterocycles. The maximum absolute atomic E-state index is 14.1. The van der Waals surface area contributed by atoms with Gasteiger partial charge in [0.2, 0.25) is 17.7 Å². The van der Waals surface area contributed by atoms with Crippen LogP contribution in [0.25, 0.3) is 0 Å². The Kier molecular flexibility index (Phi) is 7.25. The molecule has 0 aromatic rings. The number of nitrogens with zero attached hydrogens (tertiary/aromatic N) is 4. The van der Waals surface area contributed by atoms with Crippen molar-refractivity contribution in [2.24, 2.45) is 11.8 Å². The highest BCUT2D eigenvalue weighted by Crippen LogP contribution is 2.60. The van der Waals surface area contributed by atoms with Gasteiger partial charge in [-0.2, -0.15) is 0 Å². The number of carbonyl (C=O) groups is 3. The van der Waals surface area contributed by atoms with Gasteiger partial charge in [0.25, 0.3) is 0 Å². The number of carbonyl (C=O) groups excluding carboxylic acids is 3. The van der Waals surface area contributed by atoms with Crippen LogP contribution in [0.4, 0.5) is 0 Å². The first-order valence-electron chi connectivity index (χ1n) is 12.8. The average molecular weight is 505 g/mol. The molecular formula is C25H36N4O5S. The van der Waals surface area contributed by atoms with E-state index < -0.39 is 22.6 Å². The Morgan fingerprint density at radius 3 is 2.60 bits per heavy atom. The van der Waals surface area contributed by atoms with Crippen LogP contribution in [0.15, 0.2) is 24.3 Å². The van der Waals surface area contributed by atoms with Crippen LogP contribution in [0, 0.1) is 11.8 Å². The van der Waals surface area contributed by atoms with Crippen molar-refractivity contribution in [1.82, 2.24) is 19.6 Å². The first-order chi connectivity index (χ1) is 17.0. The van der Waals surface area contributed by atoms with E-state index in [0.717, 1.165) is 19.6 Å². The molecule has 5 rings (SSSR count). The summed E-state index contributed by atoms with van der Waals surface area (Å²) in [4.78, 5) is 49.1. The fourth-order valence-corrected chi connectivity index (χ4v) is 8.24. The minimum Gasteiger partial charge on any atom is -0.396 e. The topological polar surface area (TPSA) is 93.6 Å². The highest BCUT2D eigenvalue weighted by molar-refractivity contribution is 8.02. The molecule has 0 radical (unpaired) electrons. The first kappa shape index (κ1) is 24.8. The van der Waals surface area contributed by atoms with Gasteiger partial charge < -0.3 is 24.5 Å². The average Bonchev–Trinajstić information content (AvgIpc) is 3.18. The van der Waals surface area contributed by atoms with Gasteiger partial charge in [-0.05, 0) is 12.8 Å². The van der Waals surface area contributed by atoms with Crippen molar-refractivity contribution in [2.45, 2.75) is 28.9 Å². The minimum atomic E-state index is -0.755. The molecule has 35 heavy (non-hydrogen) atoms. The zero-order valence-electron chi connectivity index (χ0n) is 20.4. The third-order valence-electron chi connectivity index (χ3n) is 8.04. The summed E-state index contributed by atoms with van der Waals surface area (Å²) in [6.07, 6.45) is 9.36. The minimum absolute atomic E-state index is 0.0204. The highest BCUT2D eigenvalue weighted by Gasteiger charge is 2.70. The fraction of sp³-hybridized carbons (Fsp3) is 0.720. The van der Waals surface area contributed by atoms with E-state index >= 15 is 0 Å². The number of likely N-dealkylation sites (tertiary alicyclic amines) is 1. The zero-order valence-corrected chi connectivity index (χ0v) is 21.2. The first-order valence-corrected chi connectivity index (χ1v) is 13.6. The Hall–Kier alpha value is -1.88. The number of hydrogen-bond acceptors (Lipinski definition) is 7. The lowest BCUT2D eigenvalue weighted by atomic mass is 9.78. The predicted molar refractivity (Wildman–Crippen MR) is 133 cm³/mol. The Labute approximate surface area is 211 Å². The van der Waals surface area contributed by atoms with Crippen molar-refractivity contribution in [3.8, 4) is 0 Å². The molecule has 0 aromatic carbocycles. The molecule has 5 atom stereocenters.